The summed E-state index contributed by atoms with van der Waals surface area (Å²) < 4.78 is 5.66. The molecule has 0 amide bonds. The van der Waals surface area contributed by atoms with E-state index in [1.807, 2.05) is 6.08 Å². The maximum atomic E-state index is 5.66. The van der Waals surface area contributed by atoms with Gasteiger partial charge < -0.3 is 4.74 Å². The van der Waals surface area contributed by atoms with Crippen molar-refractivity contribution in [3.05, 3.63) is 95.6 Å². The van der Waals surface area contributed by atoms with Gasteiger partial charge in [0.2, 0.25) is 0 Å². The molecule has 0 aromatic heterocycles. The van der Waals surface area contributed by atoms with Crippen LogP contribution in [-0.2, 0) is 30.6 Å². The number of ether oxygens (including phenoxy) is 1. The molecule has 190 valence electrons. The van der Waals surface area contributed by atoms with Crippen molar-refractivity contribution in [3.8, 4) is 0 Å². The standard InChI is InChI=1S/C34H48O/c1-3-5-7-10-29-13-17-32(18-14-29)21-22-33-19-15-30(16-20-33)11-8-9-12-31-23-25-34(26-24-31)28-35-27-6-4-2/h3-5,13-14,17-18,23-26,30,33H,2,6-12,15-16,19-22,27-28H2,1H3/b5-3+/t30-,33-. The number of aryl methyl sites for hydroxylation is 3. The number of hydrogen-bond acceptors (Lipinski definition) is 1. The summed E-state index contributed by atoms with van der Waals surface area (Å²) in [5, 5.41) is 0. The van der Waals surface area contributed by atoms with E-state index in [1.54, 1.807) is 0 Å². The molecule has 0 saturated heterocycles. The Balaban J connectivity index is 1.23. The van der Waals surface area contributed by atoms with Crippen LogP contribution < -0.4 is 0 Å². The van der Waals surface area contributed by atoms with E-state index in [2.05, 4.69) is 74.2 Å². The molecule has 0 heterocycles. The third-order valence-electron chi connectivity index (χ3n) is 7.75. The van der Waals surface area contributed by atoms with Crippen LogP contribution in [0.2, 0.25) is 0 Å². The van der Waals surface area contributed by atoms with Crippen molar-refractivity contribution in [1.29, 1.82) is 0 Å². The summed E-state index contributed by atoms with van der Waals surface area (Å²) in [4.78, 5) is 0. The van der Waals surface area contributed by atoms with E-state index in [0.29, 0.717) is 6.61 Å². The van der Waals surface area contributed by atoms with Crippen molar-refractivity contribution in [2.45, 2.75) is 97.0 Å². The van der Waals surface area contributed by atoms with Crippen molar-refractivity contribution < 1.29 is 4.74 Å². The molecule has 0 bridgehead atoms. The Morgan fingerprint density at radius 3 is 1.91 bits per heavy atom. The zero-order valence-electron chi connectivity index (χ0n) is 22.2. The molecule has 0 radical (unpaired) electrons. The molecule has 35 heavy (non-hydrogen) atoms. The topological polar surface area (TPSA) is 9.23 Å². The first kappa shape index (κ1) is 27.5. The van der Waals surface area contributed by atoms with Crippen molar-refractivity contribution in [3.63, 3.8) is 0 Å². The number of unbranched alkanes of at least 4 members (excludes halogenated alkanes) is 1. The summed E-state index contributed by atoms with van der Waals surface area (Å²) >= 11 is 0. The van der Waals surface area contributed by atoms with Gasteiger partial charge in [-0.15, -0.1) is 6.58 Å². The fraction of sp³-hybridized carbons (Fsp3) is 0.529. The molecule has 0 atom stereocenters. The largest absolute Gasteiger partial charge is 0.376 e. The Hall–Kier alpha value is -2.12. The van der Waals surface area contributed by atoms with E-state index in [1.165, 1.54) is 86.5 Å². The second kappa shape index (κ2) is 16.5. The number of rotatable bonds is 16. The summed E-state index contributed by atoms with van der Waals surface area (Å²) in [5.41, 5.74) is 5.73. The number of allylic oxidation sites excluding steroid dienone is 2. The van der Waals surface area contributed by atoms with Gasteiger partial charge in [-0.05, 0) is 86.0 Å². The highest BCUT2D eigenvalue weighted by Gasteiger charge is 2.20. The van der Waals surface area contributed by atoms with E-state index >= 15 is 0 Å². The van der Waals surface area contributed by atoms with Gasteiger partial charge in [0.1, 0.15) is 0 Å². The van der Waals surface area contributed by atoms with Crippen LogP contribution in [0.15, 0.2) is 73.3 Å². The average Bonchev–Trinajstić information content (AvgIpc) is 2.90. The van der Waals surface area contributed by atoms with Crippen LogP contribution in [-0.4, -0.2) is 6.61 Å². The zero-order valence-corrected chi connectivity index (χ0v) is 22.2. The third kappa shape index (κ3) is 11.0. The van der Waals surface area contributed by atoms with Gasteiger partial charge >= 0.3 is 0 Å². The lowest BCUT2D eigenvalue weighted by atomic mass is 9.77. The fourth-order valence-corrected chi connectivity index (χ4v) is 5.39. The van der Waals surface area contributed by atoms with Crippen LogP contribution in [0.25, 0.3) is 0 Å². The molecule has 3 rings (SSSR count). The molecular weight excluding hydrogens is 424 g/mol. The van der Waals surface area contributed by atoms with Crippen LogP contribution in [0.4, 0.5) is 0 Å². The first-order valence-electron chi connectivity index (χ1n) is 14.2. The third-order valence-corrected chi connectivity index (χ3v) is 7.75. The van der Waals surface area contributed by atoms with Crippen LogP contribution >= 0.6 is 0 Å². The lowest BCUT2D eigenvalue weighted by molar-refractivity contribution is 0.125. The first-order chi connectivity index (χ1) is 17.3. The van der Waals surface area contributed by atoms with E-state index in [9.17, 15) is 0 Å². The van der Waals surface area contributed by atoms with Gasteiger partial charge in [0.25, 0.3) is 0 Å². The molecule has 1 heteroatoms. The fourth-order valence-electron chi connectivity index (χ4n) is 5.39. The van der Waals surface area contributed by atoms with E-state index in [4.69, 9.17) is 4.74 Å². The van der Waals surface area contributed by atoms with Gasteiger partial charge in [0.05, 0.1) is 13.2 Å². The van der Waals surface area contributed by atoms with Gasteiger partial charge in [-0.2, -0.15) is 0 Å². The maximum absolute atomic E-state index is 5.66. The van der Waals surface area contributed by atoms with Crippen LogP contribution in [0, 0.1) is 11.8 Å². The predicted molar refractivity (Wildman–Crippen MR) is 152 cm³/mol. The van der Waals surface area contributed by atoms with Gasteiger partial charge in [-0.3, -0.25) is 0 Å². The summed E-state index contributed by atoms with van der Waals surface area (Å²) in [6, 6.07) is 18.4. The molecule has 0 unspecified atom stereocenters. The molecule has 1 aliphatic rings. The molecule has 0 spiro atoms. The summed E-state index contributed by atoms with van der Waals surface area (Å²) in [6.07, 6.45) is 23.3. The smallest absolute Gasteiger partial charge is 0.0717 e. The molecular formula is C34H48O. The second-order valence-electron chi connectivity index (χ2n) is 10.5. The first-order valence-corrected chi connectivity index (χ1v) is 14.2. The van der Waals surface area contributed by atoms with Crippen LogP contribution in [0.5, 0.6) is 0 Å². The van der Waals surface area contributed by atoms with Gasteiger partial charge in [0, 0.05) is 0 Å². The molecule has 0 N–H and O–H groups in total. The Bertz CT molecular complexity index is 837. The molecule has 0 aliphatic heterocycles. The zero-order chi connectivity index (χ0) is 24.6. The summed E-state index contributed by atoms with van der Waals surface area (Å²) in [5.74, 6) is 1.91. The highest BCUT2D eigenvalue weighted by molar-refractivity contribution is 5.23. The van der Waals surface area contributed by atoms with E-state index < -0.39 is 0 Å². The van der Waals surface area contributed by atoms with E-state index in [0.717, 1.165) is 37.7 Å². The minimum atomic E-state index is 0.709. The maximum Gasteiger partial charge on any atom is 0.0717 e. The van der Waals surface area contributed by atoms with Crippen LogP contribution in [0.3, 0.4) is 0 Å². The second-order valence-corrected chi connectivity index (χ2v) is 10.5. The van der Waals surface area contributed by atoms with Gasteiger partial charge in [-0.25, -0.2) is 0 Å². The van der Waals surface area contributed by atoms with E-state index in [-0.39, 0.29) is 0 Å². The van der Waals surface area contributed by atoms with Crippen molar-refractivity contribution in [1.82, 2.24) is 0 Å². The molecule has 1 aliphatic carbocycles. The van der Waals surface area contributed by atoms with Gasteiger partial charge in [0.15, 0.2) is 0 Å². The SMILES string of the molecule is C=CCCOCc1ccc(CCCC[C@H]2CC[C@H](CCc3ccc(CC/C=C/C)cc3)CC2)cc1. The monoisotopic (exact) mass is 472 g/mol. The summed E-state index contributed by atoms with van der Waals surface area (Å²) in [7, 11) is 0. The van der Waals surface area contributed by atoms with Crippen molar-refractivity contribution >= 4 is 0 Å². The van der Waals surface area contributed by atoms with Gasteiger partial charge in [-0.1, -0.05) is 105 Å². The Morgan fingerprint density at radius 1 is 0.714 bits per heavy atom. The highest BCUT2D eigenvalue weighted by atomic mass is 16.5. The number of benzene rings is 2. The predicted octanol–water partition coefficient (Wildman–Crippen LogP) is 9.44. The minimum Gasteiger partial charge on any atom is -0.376 e. The van der Waals surface area contributed by atoms with Crippen LogP contribution in [0.1, 0.15) is 93.4 Å². The Labute approximate surface area is 215 Å². The normalized spacial score (nSPS) is 18.2. The Kier molecular flexibility index (Phi) is 13.0. The Morgan fingerprint density at radius 2 is 1.29 bits per heavy atom. The molecule has 2 aromatic carbocycles. The van der Waals surface area contributed by atoms with Crippen molar-refractivity contribution in [2.24, 2.45) is 11.8 Å². The number of hydrogen-bond donors (Lipinski definition) is 0. The van der Waals surface area contributed by atoms with Crippen molar-refractivity contribution in [2.75, 3.05) is 6.61 Å². The minimum absolute atomic E-state index is 0.709. The lowest BCUT2D eigenvalue weighted by Gasteiger charge is -2.28. The molecule has 1 saturated carbocycles. The quantitative estimate of drug-likeness (QED) is 0.175. The molecule has 1 fully saturated rings. The molecule has 1 nitrogen and oxygen atoms in total. The molecule has 2 aromatic rings. The summed E-state index contributed by atoms with van der Waals surface area (Å²) in [6.45, 7) is 7.30. The highest BCUT2D eigenvalue weighted by Crippen LogP contribution is 2.34. The average molecular weight is 473 g/mol. The lowest BCUT2D eigenvalue weighted by Crippen LogP contribution is -2.15.